The highest BCUT2D eigenvalue weighted by Crippen LogP contribution is 2.25. The molecule has 0 heterocycles. The predicted octanol–water partition coefficient (Wildman–Crippen LogP) is 3.27. The summed E-state index contributed by atoms with van der Waals surface area (Å²) in [6.45, 7) is 0.487. The van der Waals surface area contributed by atoms with Gasteiger partial charge in [0, 0.05) is 4.47 Å². The van der Waals surface area contributed by atoms with Crippen molar-refractivity contribution in [1.29, 1.82) is 0 Å². The molecule has 0 unspecified atom stereocenters. The Morgan fingerprint density at radius 1 is 1.09 bits per heavy atom. The van der Waals surface area contributed by atoms with Gasteiger partial charge in [0.2, 0.25) is 0 Å². The Morgan fingerprint density at radius 3 is 2.52 bits per heavy atom. The van der Waals surface area contributed by atoms with Crippen molar-refractivity contribution in [2.45, 2.75) is 0 Å². The topological polar surface area (TPSA) is 47.6 Å². The number of methoxy groups -OCH3 is 1. The van der Waals surface area contributed by atoms with Gasteiger partial charge in [-0.2, -0.15) is 0 Å². The van der Waals surface area contributed by atoms with Crippen LogP contribution in [0.1, 0.15) is 10.4 Å². The van der Waals surface area contributed by atoms with Gasteiger partial charge in [-0.25, -0.2) is 0 Å². The molecule has 0 aliphatic carbocycles. The van der Waals surface area contributed by atoms with E-state index in [9.17, 15) is 4.79 Å². The van der Waals surface area contributed by atoms with Crippen LogP contribution in [-0.2, 0) is 0 Å². The molecule has 118 valence electrons. The monoisotopic (exact) mass is 373 g/mol. The zero-order valence-corrected chi connectivity index (χ0v) is 14.2. The van der Waals surface area contributed by atoms with Crippen LogP contribution >= 0.6 is 15.9 Å². The lowest BCUT2D eigenvalue weighted by Crippen LogP contribution is -2.23. The van der Waals surface area contributed by atoms with Crippen molar-refractivity contribution in [2.24, 2.45) is 0 Å². The number of para-hydroxylation sites is 2. The largest absolute Gasteiger partial charge is 0.493 e. The zero-order valence-electron chi connectivity index (χ0n) is 12.6. The summed E-state index contributed by atoms with van der Waals surface area (Å²) in [4.78, 5) is 11.9. The second kappa shape index (κ2) is 8.86. The molecule has 0 spiro atoms. The minimum absolute atomic E-state index is 0.169. The normalized spacial score (nSPS) is 9.48. The quantitative estimate of drug-likeness (QED) is 0.818. The lowest BCUT2D eigenvalue weighted by molar-refractivity contribution is 0.0958. The summed E-state index contributed by atoms with van der Waals surface area (Å²) in [5, 5.41) is 2.74. The average molecular weight is 374 g/mol. The van der Waals surface area contributed by atoms with Gasteiger partial charge in [0.25, 0.3) is 5.91 Å². The maximum absolute atomic E-state index is 11.9. The second-order valence-corrected chi connectivity index (χ2v) is 5.31. The van der Waals surface area contributed by atoms with E-state index < -0.39 is 0 Å². The molecular weight excluding hydrogens is 358 g/mol. The summed E-state index contributed by atoms with van der Waals surface area (Å²) >= 11 is 3.34. The van der Waals surface area contributed by atoms with Gasteiger partial charge in [0.15, 0.2) is 11.5 Å². The number of halogens is 1. The summed E-state index contributed by atoms with van der Waals surface area (Å²) < 4.78 is 11.5. The Labute approximate surface area is 143 Å². The van der Waals surface area contributed by atoms with Crippen molar-refractivity contribution in [2.75, 3.05) is 20.3 Å². The predicted molar refractivity (Wildman–Crippen MR) is 92.7 cm³/mol. The van der Waals surface area contributed by atoms with E-state index in [1.54, 1.807) is 13.2 Å². The number of hydrogen-bond donors (Lipinski definition) is 1. The number of carbonyl (C=O) groups excluding carboxylic acids is 1. The lowest BCUT2D eigenvalue weighted by atomic mass is 10.2. The van der Waals surface area contributed by atoms with Crippen LogP contribution in [0.4, 0.5) is 0 Å². The molecule has 5 heteroatoms. The lowest BCUT2D eigenvalue weighted by Gasteiger charge is -2.07. The highest BCUT2D eigenvalue weighted by molar-refractivity contribution is 9.10. The summed E-state index contributed by atoms with van der Waals surface area (Å²) in [6.07, 6.45) is 0. The first-order valence-electron chi connectivity index (χ1n) is 6.96. The standard InChI is InChI=1S/C18H16BrNO3/c1-22-16-10-4-5-11-17(16)23-13-7-6-12-20-18(21)14-8-2-3-9-15(14)19/h2-5,8-11H,12-13H2,1H3,(H,20,21). The van der Waals surface area contributed by atoms with Crippen LogP contribution in [0.25, 0.3) is 0 Å². The highest BCUT2D eigenvalue weighted by Gasteiger charge is 2.07. The first-order valence-corrected chi connectivity index (χ1v) is 7.76. The molecule has 2 aromatic rings. The Bertz CT molecular complexity index is 734. The van der Waals surface area contributed by atoms with E-state index >= 15 is 0 Å². The molecule has 0 aromatic heterocycles. The van der Waals surface area contributed by atoms with Gasteiger partial charge in [-0.05, 0) is 40.2 Å². The van der Waals surface area contributed by atoms with E-state index in [0.29, 0.717) is 17.1 Å². The Morgan fingerprint density at radius 2 is 1.78 bits per heavy atom. The van der Waals surface area contributed by atoms with Crippen LogP contribution < -0.4 is 14.8 Å². The molecular formula is C18H16BrNO3. The summed E-state index contributed by atoms with van der Waals surface area (Å²) in [5.74, 6) is 6.84. The molecule has 0 radical (unpaired) electrons. The first-order chi connectivity index (χ1) is 11.2. The number of ether oxygens (including phenoxy) is 2. The minimum atomic E-state index is -0.169. The Balaban J connectivity index is 1.78. The molecule has 0 bridgehead atoms. The van der Waals surface area contributed by atoms with Gasteiger partial charge < -0.3 is 14.8 Å². The third-order valence-electron chi connectivity index (χ3n) is 2.95. The van der Waals surface area contributed by atoms with Gasteiger partial charge in [0.05, 0.1) is 19.2 Å². The first kappa shape index (κ1) is 16.9. The maximum Gasteiger partial charge on any atom is 0.253 e. The molecule has 2 rings (SSSR count). The molecule has 0 saturated heterocycles. The van der Waals surface area contributed by atoms with E-state index in [1.807, 2.05) is 42.5 Å². The van der Waals surface area contributed by atoms with Crippen LogP contribution in [0.15, 0.2) is 53.0 Å². The van der Waals surface area contributed by atoms with Crippen LogP contribution in [0.2, 0.25) is 0 Å². The molecule has 1 N–H and O–H groups in total. The van der Waals surface area contributed by atoms with Gasteiger partial charge >= 0.3 is 0 Å². The summed E-state index contributed by atoms with van der Waals surface area (Å²) in [5.41, 5.74) is 0.583. The van der Waals surface area contributed by atoms with Crippen molar-refractivity contribution in [3.8, 4) is 23.3 Å². The fraction of sp³-hybridized carbons (Fsp3) is 0.167. The average Bonchev–Trinajstić information content (AvgIpc) is 2.58. The molecule has 0 aliphatic heterocycles. The Hall–Kier alpha value is -2.45. The molecule has 0 fully saturated rings. The van der Waals surface area contributed by atoms with Crippen molar-refractivity contribution in [1.82, 2.24) is 5.32 Å². The third-order valence-corrected chi connectivity index (χ3v) is 3.64. The van der Waals surface area contributed by atoms with Gasteiger partial charge in [-0.15, -0.1) is 0 Å². The molecule has 4 nitrogen and oxygen atoms in total. The van der Waals surface area contributed by atoms with Crippen molar-refractivity contribution in [3.05, 3.63) is 58.6 Å². The fourth-order valence-corrected chi connectivity index (χ4v) is 2.30. The van der Waals surface area contributed by atoms with Crippen molar-refractivity contribution < 1.29 is 14.3 Å². The molecule has 0 saturated carbocycles. The fourth-order valence-electron chi connectivity index (χ4n) is 1.83. The number of hydrogen-bond acceptors (Lipinski definition) is 3. The molecule has 0 atom stereocenters. The van der Waals surface area contributed by atoms with E-state index in [-0.39, 0.29) is 19.1 Å². The zero-order chi connectivity index (χ0) is 16.5. The van der Waals surface area contributed by atoms with E-state index in [4.69, 9.17) is 9.47 Å². The van der Waals surface area contributed by atoms with Crippen molar-refractivity contribution in [3.63, 3.8) is 0 Å². The highest BCUT2D eigenvalue weighted by atomic mass is 79.9. The number of amides is 1. The number of rotatable bonds is 5. The van der Waals surface area contributed by atoms with Crippen molar-refractivity contribution >= 4 is 21.8 Å². The van der Waals surface area contributed by atoms with Crippen LogP contribution in [0.5, 0.6) is 11.5 Å². The number of carbonyl (C=O) groups is 1. The third kappa shape index (κ3) is 5.04. The number of nitrogens with one attached hydrogen (secondary N) is 1. The Kier molecular flexibility index (Phi) is 6.52. The second-order valence-electron chi connectivity index (χ2n) is 4.46. The van der Waals surface area contributed by atoms with E-state index in [0.717, 1.165) is 4.47 Å². The van der Waals surface area contributed by atoms with Crippen LogP contribution in [0.3, 0.4) is 0 Å². The van der Waals surface area contributed by atoms with E-state index in [1.165, 1.54) is 0 Å². The maximum atomic E-state index is 11.9. The van der Waals surface area contributed by atoms with E-state index in [2.05, 4.69) is 33.1 Å². The van der Waals surface area contributed by atoms with Gasteiger partial charge in [-0.1, -0.05) is 36.1 Å². The number of benzene rings is 2. The summed E-state index contributed by atoms with van der Waals surface area (Å²) in [6, 6.07) is 14.6. The molecule has 1 amide bonds. The van der Waals surface area contributed by atoms with Crippen LogP contribution in [0, 0.1) is 11.8 Å². The van der Waals surface area contributed by atoms with Crippen LogP contribution in [-0.4, -0.2) is 26.2 Å². The molecule has 0 aliphatic rings. The molecule has 2 aromatic carbocycles. The van der Waals surface area contributed by atoms with Gasteiger partial charge in [-0.3, -0.25) is 4.79 Å². The summed E-state index contributed by atoms with van der Waals surface area (Å²) in [7, 11) is 1.59. The minimum Gasteiger partial charge on any atom is -0.493 e. The molecule has 23 heavy (non-hydrogen) atoms. The SMILES string of the molecule is COc1ccccc1OCC#CCNC(=O)c1ccccc1Br. The van der Waals surface area contributed by atoms with Gasteiger partial charge in [0.1, 0.15) is 6.61 Å². The smallest absolute Gasteiger partial charge is 0.253 e.